The first-order valence-corrected chi connectivity index (χ1v) is 6.50. The van der Waals surface area contributed by atoms with E-state index in [-0.39, 0.29) is 0 Å². The lowest BCUT2D eigenvalue weighted by Gasteiger charge is -2.06. The van der Waals surface area contributed by atoms with Gasteiger partial charge in [0, 0.05) is 13.6 Å². The topological polar surface area (TPSA) is 97.2 Å². The number of hydrogen-bond donors (Lipinski definition) is 2. The molecule has 0 atom stereocenters. The minimum Gasteiger partial charge on any atom is -0.354 e. The summed E-state index contributed by atoms with van der Waals surface area (Å²) in [5.41, 5.74) is 2.19. The molecule has 3 aromatic heterocycles. The number of hydrogen-bond acceptors (Lipinski definition) is 6. The zero-order valence-electron chi connectivity index (χ0n) is 10.3. The van der Waals surface area contributed by atoms with Gasteiger partial charge >= 0.3 is 0 Å². The quantitative estimate of drug-likeness (QED) is 0.755. The van der Waals surface area contributed by atoms with Crippen molar-refractivity contribution in [2.45, 2.75) is 6.92 Å². The van der Waals surface area contributed by atoms with Crippen LogP contribution in [0.5, 0.6) is 0 Å². The molecule has 0 aromatic carbocycles. The number of halogens is 1. The lowest BCUT2D eigenvalue weighted by atomic mass is 10.2. The van der Waals surface area contributed by atoms with E-state index in [4.69, 9.17) is 0 Å². The second kappa shape index (κ2) is 4.57. The lowest BCUT2D eigenvalue weighted by molar-refractivity contribution is 0.719. The summed E-state index contributed by atoms with van der Waals surface area (Å²) in [7, 11) is 1.81. The fourth-order valence-corrected chi connectivity index (χ4v) is 2.35. The van der Waals surface area contributed by atoms with Gasteiger partial charge < -0.3 is 5.32 Å². The second-order valence-electron chi connectivity index (χ2n) is 3.91. The molecule has 0 saturated heterocycles. The van der Waals surface area contributed by atoms with E-state index in [9.17, 15) is 0 Å². The molecule has 0 bridgehead atoms. The Morgan fingerprint density at radius 2 is 2.26 bits per heavy atom. The van der Waals surface area contributed by atoms with Crippen molar-refractivity contribution >= 4 is 32.9 Å². The summed E-state index contributed by atoms with van der Waals surface area (Å²) in [6, 6.07) is 0. The van der Waals surface area contributed by atoms with Gasteiger partial charge in [-0.2, -0.15) is 10.1 Å². The predicted octanol–water partition coefficient (Wildman–Crippen LogP) is 1.34. The summed E-state index contributed by atoms with van der Waals surface area (Å²) in [4.78, 5) is 8.86. The highest BCUT2D eigenvalue weighted by molar-refractivity contribution is 9.10. The number of aryl methyl sites for hydroxylation is 1. The van der Waals surface area contributed by atoms with Crippen LogP contribution < -0.4 is 5.32 Å². The van der Waals surface area contributed by atoms with Gasteiger partial charge in [-0.05, 0) is 22.9 Å². The fourth-order valence-electron chi connectivity index (χ4n) is 1.84. The molecule has 3 heterocycles. The van der Waals surface area contributed by atoms with Gasteiger partial charge in [0.05, 0.1) is 11.6 Å². The molecule has 2 N–H and O–H groups in total. The van der Waals surface area contributed by atoms with Crippen molar-refractivity contribution in [2.75, 3.05) is 11.9 Å². The van der Waals surface area contributed by atoms with Gasteiger partial charge in [-0.15, -0.1) is 5.10 Å². The van der Waals surface area contributed by atoms with Gasteiger partial charge in [0.2, 0.25) is 5.95 Å². The van der Waals surface area contributed by atoms with Gasteiger partial charge in [-0.3, -0.25) is 5.10 Å². The van der Waals surface area contributed by atoms with Gasteiger partial charge in [0.15, 0.2) is 10.3 Å². The van der Waals surface area contributed by atoms with Crippen molar-refractivity contribution in [2.24, 2.45) is 7.05 Å². The van der Waals surface area contributed by atoms with Crippen LogP contribution >= 0.6 is 15.9 Å². The summed E-state index contributed by atoms with van der Waals surface area (Å²) in [6.45, 7) is 2.73. The van der Waals surface area contributed by atoms with Crippen molar-refractivity contribution in [1.82, 2.24) is 35.2 Å². The molecule has 0 saturated carbocycles. The number of nitrogens with one attached hydrogen (secondary N) is 2. The van der Waals surface area contributed by atoms with Crippen molar-refractivity contribution in [3.8, 4) is 11.4 Å². The maximum absolute atomic E-state index is 4.51. The molecule has 0 fully saturated rings. The molecular weight excluding hydrogens is 312 g/mol. The zero-order valence-corrected chi connectivity index (χ0v) is 11.9. The summed E-state index contributed by atoms with van der Waals surface area (Å²) < 4.78 is 2.30. The zero-order chi connectivity index (χ0) is 13.4. The van der Waals surface area contributed by atoms with E-state index in [2.05, 4.69) is 51.7 Å². The number of rotatable bonds is 3. The minimum atomic E-state index is 0.544. The van der Waals surface area contributed by atoms with Crippen LogP contribution in [0.15, 0.2) is 10.8 Å². The van der Waals surface area contributed by atoms with E-state index in [1.165, 1.54) is 0 Å². The average Bonchev–Trinajstić information content (AvgIpc) is 2.96. The number of aromatic nitrogens is 7. The molecule has 19 heavy (non-hydrogen) atoms. The molecule has 8 nitrogen and oxygen atoms in total. The highest BCUT2D eigenvalue weighted by Gasteiger charge is 2.18. The lowest BCUT2D eigenvalue weighted by Crippen LogP contribution is -2.05. The molecule has 0 aliphatic rings. The van der Waals surface area contributed by atoms with Crippen LogP contribution in [-0.2, 0) is 7.05 Å². The number of fused-ring (bicyclic) bond motifs is 1. The van der Waals surface area contributed by atoms with Gasteiger partial charge in [-0.25, -0.2) is 9.67 Å². The molecule has 98 valence electrons. The van der Waals surface area contributed by atoms with E-state index < -0.39 is 0 Å². The predicted molar refractivity (Wildman–Crippen MR) is 73.5 cm³/mol. The van der Waals surface area contributed by atoms with E-state index in [0.717, 1.165) is 23.3 Å². The van der Waals surface area contributed by atoms with Crippen molar-refractivity contribution in [3.63, 3.8) is 0 Å². The van der Waals surface area contributed by atoms with Crippen molar-refractivity contribution in [3.05, 3.63) is 10.8 Å². The number of anilines is 1. The normalized spacial score (nSPS) is 11.1. The molecule has 9 heteroatoms. The van der Waals surface area contributed by atoms with E-state index in [0.29, 0.717) is 16.2 Å². The first-order valence-electron chi connectivity index (χ1n) is 5.71. The Morgan fingerprint density at radius 3 is 2.95 bits per heavy atom. The number of nitrogens with zero attached hydrogens (tertiary/aromatic N) is 6. The van der Waals surface area contributed by atoms with Crippen LogP contribution in [-0.4, -0.2) is 41.7 Å². The highest BCUT2D eigenvalue weighted by atomic mass is 79.9. The molecule has 3 rings (SSSR count). The van der Waals surface area contributed by atoms with Crippen LogP contribution in [0.2, 0.25) is 0 Å². The van der Waals surface area contributed by atoms with E-state index in [1.807, 2.05) is 14.0 Å². The molecule has 0 amide bonds. The van der Waals surface area contributed by atoms with Gasteiger partial charge in [0.1, 0.15) is 11.4 Å². The van der Waals surface area contributed by atoms with Gasteiger partial charge in [0.25, 0.3) is 0 Å². The Balaban J connectivity index is 2.29. The SMILES string of the molecule is CCNc1nc(-c2c(Br)nnn2C)c2cn[nH]c2n1. The standard InChI is InChI=1S/C10H11BrN8/c1-3-12-10-14-6(5-4-13-17-9(5)15-10)7-8(11)16-18-19(7)2/h4H,3H2,1-2H3,(H2,12,13,14,15,17). The molecule has 0 unspecified atom stereocenters. The molecule has 0 radical (unpaired) electrons. The third kappa shape index (κ3) is 1.95. The number of H-pyrrole nitrogens is 1. The minimum absolute atomic E-state index is 0.544. The Hall–Kier alpha value is -2.03. The average molecular weight is 323 g/mol. The van der Waals surface area contributed by atoms with Crippen LogP contribution in [0.4, 0.5) is 5.95 Å². The van der Waals surface area contributed by atoms with Gasteiger partial charge in [-0.1, -0.05) is 5.21 Å². The Morgan fingerprint density at radius 1 is 1.42 bits per heavy atom. The Bertz CT molecular complexity index is 711. The Labute approximate surface area is 116 Å². The highest BCUT2D eigenvalue weighted by Crippen LogP contribution is 2.29. The summed E-state index contributed by atoms with van der Waals surface area (Å²) in [6.07, 6.45) is 1.69. The molecule has 0 spiro atoms. The summed E-state index contributed by atoms with van der Waals surface area (Å²) >= 11 is 3.39. The smallest absolute Gasteiger partial charge is 0.225 e. The van der Waals surface area contributed by atoms with E-state index in [1.54, 1.807) is 10.9 Å². The maximum atomic E-state index is 4.51. The maximum Gasteiger partial charge on any atom is 0.225 e. The third-order valence-electron chi connectivity index (χ3n) is 2.65. The fraction of sp³-hybridized carbons (Fsp3) is 0.300. The number of aromatic amines is 1. The molecule has 0 aliphatic carbocycles. The molecule has 3 aromatic rings. The first-order chi connectivity index (χ1) is 9.20. The van der Waals surface area contributed by atoms with Crippen molar-refractivity contribution < 1.29 is 0 Å². The Kier molecular flexibility index (Phi) is 2.90. The van der Waals surface area contributed by atoms with Crippen LogP contribution in [0, 0.1) is 0 Å². The summed E-state index contributed by atoms with van der Waals surface area (Å²) in [5.74, 6) is 0.544. The van der Waals surface area contributed by atoms with Crippen LogP contribution in [0.3, 0.4) is 0 Å². The largest absolute Gasteiger partial charge is 0.354 e. The van der Waals surface area contributed by atoms with Crippen molar-refractivity contribution in [1.29, 1.82) is 0 Å². The van der Waals surface area contributed by atoms with E-state index >= 15 is 0 Å². The second-order valence-corrected chi connectivity index (χ2v) is 4.66. The first kappa shape index (κ1) is 12.0. The molecular formula is C10H11BrN8. The van der Waals surface area contributed by atoms with Crippen LogP contribution in [0.1, 0.15) is 6.92 Å². The monoisotopic (exact) mass is 322 g/mol. The summed E-state index contributed by atoms with van der Waals surface area (Å²) in [5, 5.41) is 18.7. The third-order valence-corrected chi connectivity index (χ3v) is 3.19. The van der Waals surface area contributed by atoms with Crippen LogP contribution in [0.25, 0.3) is 22.4 Å². The molecule has 0 aliphatic heterocycles.